The number of Topliss-reactive ketones (excluding diaryl/α,β-unsaturated/α-hetero) is 1. The van der Waals surface area contributed by atoms with Crippen molar-refractivity contribution < 1.29 is 14.3 Å². The summed E-state index contributed by atoms with van der Waals surface area (Å²) in [5.41, 5.74) is 0.252. The Morgan fingerprint density at radius 2 is 2.06 bits per heavy atom. The molecule has 0 radical (unpaired) electrons. The summed E-state index contributed by atoms with van der Waals surface area (Å²) in [6, 6.07) is 1.28. The van der Waals surface area contributed by atoms with Crippen LogP contribution in [0.15, 0.2) is 12.3 Å². The number of carbonyl (C=O) groups is 2. The third-order valence-corrected chi connectivity index (χ3v) is 2.21. The molecule has 1 aromatic heterocycles. The van der Waals surface area contributed by atoms with Gasteiger partial charge >= 0.3 is 5.97 Å². The van der Waals surface area contributed by atoms with E-state index in [-0.39, 0.29) is 17.9 Å². The highest BCUT2D eigenvalue weighted by Gasteiger charge is 2.32. The summed E-state index contributed by atoms with van der Waals surface area (Å²) in [7, 11) is 0. The van der Waals surface area contributed by atoms with Crippen LogP contribution in [0.1, 0.15) is 27.8 Å². The minimum Gasteiger partial charge on any atom is -0.461 e. The summed E-state index contributed by atoms with van der Waals surface area (Å²) >= 11 is 16.3. The van der Waals surface area contributed by atoms with Crippen LogP contribution in [-0.4, -0.2) is 27.1 Å². The molecule has 1 heterocycles. The zero-order valence-corrected chi connectivity index (χ0v) is 10.5. The lowest BCUT2D eigenvalue weighted by Crippen LogP contribution is -2.18. The SMILES string of the molecule is CCOC(=O)c1cc(C(=O)C(Cl)(Cl)Cl)c[nH]1. The highest BCUT2D eigenvalue weighted by Crippen LogP contribution is 2.30. The number of alkyl halides is 3. The molecule has 1 aromatic rings. The van der Waals surface area contributed by atoms with Gasteiger partial charge in [-0.15, -0.1) is 0 Å². The molecule has 0 aromatic carbocycles. The smallest absolute Gasteiger partial charge is 0.354 e. The minimum absolute atomic E-state index is 0.114. The molecule has 0 atom stereocenters. The zero-order valence-electron chi connectivity index (χ0n) is 8.22. The number of esters is 1. The van der Waals surface area contributed by atoms with E-state index in [9.17, 15) is 9.59 Å². The van der Waals surface area contributed by atoms with E-state index in [1.54, 1.807) is 6.92 Å². The van der Waals surface area contributed by atoms with E-state index in [4.69, 9.17) is 39.5 Å². The van der Waals surface area contributed by atoms with Gasteiger partial charge in [0.25, 0.3) is 3.79 Å². The highest BCUT2D eigenvalue weighted by atomic mass is 35.6. The van der Waals surface area contributed by atoms with Crippen LogP contribution in [0.2, 0.25) is 0 Å². The molecular formula is C9H8Cl3NO3. The van der Waals surface area contributed by atoms with Crippen LogP contribution in [0.4, 0.5) is 0 Å². The van der Waals surface area contributed by atoms with Crippen molar-refractivity contribution in [2.24, 2.45) is 0 Å². The molecule has 0 saturated heterocycles. The average Bonchev–Trinajstić information content (AvgIpc) is 2.64. The van der Waals surface area contributed by atoms with Crippen LogP contribution in [0.25, 0.3) is 0 Å². The predicted octanol–water partition coefficient (Wildman–Crippen LogP) is 2.74. The summed E-state index contributed by atoms with van der Waals surface area (Å²) in [6.45, 7) is 1.92. The van der Waals surface area contributed by atoms with Crippen molar-refractivity contribution in [3.63, 3.8) is 0 Å². The molecule has 0 aliphatic rings. The second-order valence-corrected chi connectivity index (χ2v) is 5.13. The summed E-state index contributed by atoms with van der Waals surface area (Å²) in [6.07, 6.45) is 1.29. The van der Waals surface area contributed by atoms with Crippen molar-refractivity contribution in [2.45, 2.75) is 10.7 Å². The first-order chi connectivity index (χ1) is 7.36. The first-order valence-corrected chi connectivity index (χ1v) is 5.46. The van der Waals surface area contributed by atoms with Crippen molar-refractivity contribution in [2.75, 3.05) is 6.61 Å². The van der Waals surface area contributed by atoms with Gasteiger partial charge in [0.05, 0.1) is 6.61 Å². The fourth-order valence-electron chi connectivity index (χ4n) is 1.02. The van der Waals surface area contributed by atoms with E-state index < -0.39 is 15.5 Å². The zero-order chi connectivity index (χ0) is 12.3. The van der Waals surface area contributed by atoms with E-state index in [1.807, 2.05) is 0 Å². The van der Waals surface area contributed by atoms with Crippen LogP contribution < -0.4 is 0 Å². The van der Waals surface area contributed by atoms with E-state index in [0.29, 0.717) is 0 Å². The summed E-state index contributed by atoms with van der Waals surface area (Å²) in [4.78, 5) is 25.3. The first-order valence-electron chi connectivity index (χ1n) is 4.33. The van der Waals surface area contributed by atoms with Crippen LogP contribution in [0.5, 0.6) is 0 Å². The molecule has 88 valence electrons. The molecule has 0 aliphatic carbocycles. The van der Waals surface area contributed by atoms with Crippen LogP contribution in [0, 0.1) is 0 Å². The fraction of sp³-hybridized carbons (Fsp3) is 0.333. The molecule has 7 heteroatoms. The highest BCUT2D eigenvalue weighted by molar-refractivity contribution is 6.77. The number of carbonyl (C=O) groups excluding carboxylic acids is 2. The Hall–Kier alpha value is -0.710. The number of ether oxygens (including phenoxy) is 1. The first kappa shape index (κ1) is 13.4. The molecule has 0 saturated carbocycles. The van der Waals surface area contributed by atoms with Gasteiger partial charge in [0, 0.05) is 11.8 Å². The third kappa shape index (κ3) is 3.14. The lowest BCUT2D eigenvalue weighted by Gasteiger charge is -2.06. The second kappa shape index (κ2) is 5.08. The van der Waals surface area contributed by atoms with E-state index >= 15 is 0 Å². The topological polar surface area (TPSA) is 59.2 Å². The predicted molar refractivity (Wildman–Crippen MR) is 61.4 cm³/mol. The van der Waals surface area contributed by atoms with Crippen molar-refractivity contribution in [3.05, 3.63) is 23.5 Å². The quantitative estimate of drug-likeness (QED) is 0.527. The van der Waals surface area contributed by atoms with E-state index in [2.05, 4.69) is 4.98 Å². The summed E-state index contributed by atoms with van der Waals surface area (Å²) in [5.74, 6) is -1.27. The molecule has 0 fully saturated rings. The van der Waals surface area contributed by atoms with Gasteiger partial charge in [-0.2, -0.15) is 0 Å². The summed E-state index contributed by atoms with van der Waals surface area (Å²) in [5, 5.41) is 0. The van der Waals surface area contributed by atoms with Crippen molar-refractivity contribution in [1.29, 1.82) is 0 Å². The van der Waals surface area contributed by atoms with E-state index in [0.717, 1.165) is 0 Å². The molecule has 4 nitrogen and oxygen atoms in total. The number of aromatic nitrogens is 1. The van der Waals surface area contributed by atoms with Crippen molar-refractivity contribution in [3.8, 4) is 0 Å². The third-order valence-electron chi connectivity index (χ3n) is 1.70. The number of nitrogens with one attached hydrogen (secondary N) is 1. The Labute approximate surface area is 107 Å². The van der Waals surface area contributed by atoms with Gasteiger partial charge in [0.15, 0.2) is 0 Å². The maximum Gasteiger partial charge on any atom is 0.354 e. The second-order valence-electron chi connectivity index (χ2n) is 2.85. The maximum absolute atomic E-state index is 11.5. The van der Waals surface area contributed by atoms with Crippen LogP contribution >= 0.6 is 34.8 Å². The van der Waals surface area contributed by atoms with Gasteiger partial charge in [0.1, 0.15) is 5.69 Å². The maximum atomic E-state index is 11.5. The van der Waals surface area contributed by atoms with Gasteiger partial charge in [0.2, 0.25) is 5.78 Å². The number of aromatic amines is 1. The fourth-order valence-corrected chi connectivity index (χ4v) is 1.34. The molecule has 16 heavy (non-hydrogen) atoms. The Balaban J connectivity index is 2.87. The molecule has 1 N–H and O–H groups in total. The number of halogens is 3. The normalized spacial score (nSPS) is 11.2. The Bertz CT molecular complexity index is 408. The molecule has 1 rings (SSSR count). The minimum atomic E-state index is -2.03. The molecule has 0 bridgehead atoms. The molecular weight excluding hydrogens is 276 g/mol. The Kier molecular flexibility index (Phi) is 4.24. The van der Waals surface area contributed by atoms with Crippen molar-refractivity contribution >= 4 is 46.6 Å². The largest absolute Gasteiger partial charge is 0.461 e. The monoisotopic (exact) mass is 283 g/mol. The Morgan fingerprint density at radius 1 is 1.44 bits per heavy atom. The van der Waals surface area contributed by atoms with E-state index in [1.165, 1.54) is 12.3 Å². The van der Waals surface area contributed by atoms with Gasteiger partial charge in [-0.1, -0.05) is 34.8 Å². The number of rotatable bonds is 3. The molecule has 0 aliphatic heterocycles. The van der Waals surface area contributed by atoms with Crippen LogP contribution in [-0.2, 0) is 4.74 Å². The van der Waals surface area contributed by atoms with Gasteiger partial charge in [-0.3, -0.25) is 4.79 Å². The number of hydrogen-bond donors (Lipinski definition) is 1. The van der Waals surface area contributed by atoms with Gasteiger partial charge < -0.3 is 9.72 Å². The number of hydrogen-bond acceptors (Lipinski definition) is 3. The van der Waals surface area contributed by atoms with Crippen LogP contribution in [0.3, 0.4) is 0 Å². The molecule has 0 spiro atoms. The lowest BCUT2D eigenvalue weighted by molar-refractivity contribution is 0.0520. The molecule has 0 amide bonds. The number of ketones is 1. The number of H-pyrrole nitrogens is 1. The summed E-state index contributed by atoms with van der Waals surface area (Å²) < 4.78 is 2.69. The standard InChI is InChI=1S/C9H8Cl3NO3/c1-2-16-8(15)6-3-5(4-13-6)7(14)9(10,11)12/h3-4,13H,2H2,1H3. The lowest BCUT2D eigenvalue weighted by atomic mass is 10.2. The van der Waals surface area contributed by atoms with Gasteiger partial charge in [-0.25, -0.2) is 4.79 Å². The van der Waals surface area contributed by atoms with Gasteiger partial charge in [-0.05, 0) is 13.0 Å². The average molecular weight is 285 g/mol. The van der Waals surface area contributed by atoms with Crippen molar-refractivity contribution in [1.82, 2.24) is 4.98 Å². The molecule has 0 unspecified atom stereocenters. The Morgan fingerprint density at radius 3 is 2.56 bits per heavy atom.